The van der Waals surface area contributed by atoms with Crippen molar-refractivity contribution in [1.29, 1.82) is 5.26 Å². The second-order valence-corrected chi connectivity index (χ2v) is 5.39. The lowest BCUT2D eigenvalue weighted by Gasteiger charge is -2.22. The number of anilines is 1. The van der Waals surface area contributed by atoms with Crippen molar-refractivity contribution in [2.45, 2.75) is 25.1 Å². The summed E-state index contributed by atoms with van der Waals surface area (Å²) in [6.07, 6.45) is -2.26. The summed E-state index contributed by atoms with van der Waals surface area (Å²) in [5.74, 6) is -0.0233. The van der Waals surface area contributed by atoms with Crippen molar-refractivity contribution in [2.24, 2.45) is 0 Å². The number of alkyl halides is 3. The summed E-state index contributed by atoms with van der Waals surface area (Å²) >= 11 is 0. The summed E-state index contributed by atoms with van der Waals surface area (Å²) in [5.41, 5.74) is -0.898. The summed E-state index contributed by atoms with van der Waals surface area (Å²) in [7, 11) is 1.63. The van der Waals surface area contributed by atoms with E-state index >= 15 is 0 Å². The molecule has 0 unspecified atom stereocenters. The summed E-state index contributed by atoms with van der Waals surface area (Å²) in [4.78, 5) is 5.76. The van der Waals surface area contributed by atoms with Crippen molar-refractivity contribution in [2.75, 3.05) is 38.7 Å². The molecule has 1 aromatic heterocycles. The van der Waals surface area contributed by atoms with Crippen molar-refractivity contribution in [1.82, 2.24) is 9.88 Å². The predicted octanol–water partition coefficient (Wildman–Crippen LogP) is 2.49. The molecule has 0 saturated heterocycles. The van der Waals surface area contributed by atoms with Gasteiger partial charge in [0.1, 0.15) is 17.6 Å². The van der Waals surface area contributed by atoms with Gasteiger partial charge in [-0.2, -0.15) is 18.4 Å². The lowest BCUT2D eigenvalue weighted by Crippen LogP contribution is -2.34. The van der Waals surface area contributed by atoms with Gasteiger partial charge in [-0.15, -0.1) is 0 Å². The van der Waals surface area contributed by atoms with Crippen LogP contribution in [0.5, 0.6) is 0 Å². The molecule has 2 rings (SSSR count). The number of hydrogen-bond acceptors (Lipinski definition) is 5. The first-order valence-electron chi connectivity index (χ1n) is 7.41. The Morgan fingerprint density at radius 1 is 1.39 bits per heavy atom. The van der Waals surface area contributed by atoms with Gasteiger partial charge in [0.25, 0.3) is 0 Å². The quantitative estimate of drug-likeness (QED) is 0.794. The minimum Gasteiger partial charge on any atom is -0.383 e. The van der Waals surface area contributed by atoms with Crippen LogP contribution in [0.4, 0.5) is 19.0 Å². The largest absolute Gasteiger partial charge is 0.433 e. The minimum absolute atomic E-state index is 0.0233. The van der Waals surface area contributed by atoms with Gasteiger partial charge >= 0.3 is 6.18 Å². The molecular weight excluding hydrogens is 309 g/mol. The number of nitrogens with zero attached hydrogens (tertiary/aromatic N) is 3. The summed E-state index contributed by atoms with van der Waals surface area (Å²) in [5, 5.41) is 11.8. The Balaban J connectivity index is 1.97. The van der Waals surface area contributed by atoms with E-state index in [2.05, 4.69) is 15.2 Å². The Morgan fingerprint density at radius 2 is 2.13 bits per heavy atom. The van der Waals surface area contributed by atoms with Crippen molar-refractivity contribution in [3.63, 3.8) is 0 Å². The summed E-state index contributed by atoms with van der Waals surface area (Å²) < 4.78 is 43.2. The number of nitrogens with one attached hydrogen (secondary N) is 1. The van der Waals surface area contributed by atoms with Gasteiger partial charge in [-0.25, -0.2) is 4.98 Å². The smallest absolute Gasteiger partial charge is 0.383 e. The zero-order chi connectivity index (χ0) is 16.9. The van der Waals surface area contributed by atoms with Crippen LogP contribution in [0.2, 0.25) is 0 Å². The van der Waals surface area contributed by atoms with E-state index in [-0.39, 0.29) is 11.4 Å². The molecule has 0 amide bonds. The second kappa shape index (κ2) is 7.62. The highest BCUT2D eigenvalue weighted by Gasteiger charge is 2.33. The fourth-order valence-electron chi connectivity index (χ4n) is 2.29. The molecule has 8 heteroatoms. The number of aromatic nitrogens is 1. The molecule has 1 fully saturated rings. The van der Waals surface area contributed by atoms with Crippen molar-refractivity contribution < 1.29 is 17.9 Å². The number of pyridine rings is 1. The van der Waals surface area contributed by atoms with E-state index in [4.69, 9.17) is 10.00 Å². The first-order chi connectivity index (χ1) is 11.0. The van der Waals surface area contributed by atoms with Gasteiger partial charge in [-0.05, 0) is 25.0 Å². The molecule has 0 aliphatic heterocycles. The molecular formula is C15H19F3N4O. The van der Waals surface area contributed by atoms with Crippen molar-refractivity contribution in [3.05, 3.63) is 23.4 Å². The van der Waals surface area contributed by atoms with E-state index in [0.29, 0.717) is 25.7 Å². The van der Waals surface area contributed by atoms with Crippen molar-refractivity contribution >= 4 is 5.82 Å². The maximum Gasteiger partial charge on any atom is 0.433 e. The molecule has 1 aliphatic rings. The monoisotopic (exact) mass is 328 g/mol. The zero-order valence-electron chi connectivity index (χ0n) is 12.9. The standard InChI is InChI=1S/C15H19F3N4O/c1-23-9-8-22(12-3-4-12)7-6-20-14-11(10-19)2-5-13(21-14)15(16,17)18/h2,5,12H,3-4,6-9H2,1H3,(H,20,21). The van der Waals surface area contributed by atoms with Crippen LogP contribution in [0.1, 0.15) is 24.1 Å². The summed E-state index contributed by atoms with van der Waals surface area (Å²) in [6.45, 7) is 2.48. The van der Waals surface area contributed by atoms with Crippen LogP contribution in [0.25, 0.3) is 0 Å². The topological polar surface area (TPSA) is 61.2 Å². The molecule has 1 heterocycles. The van der Waals surface area contributed by atoms with E-state index in [0.717, 1.165) is 31.5 Å². The molecule has 126 valence electrons. The van der Waals surface area contributed by atoms with Crippen LogP contribution in [0, 0.1) is 11.3 Å². The van der Waals surface area contributed by atoms with E-state index in [9.17, 15) is 13.2 Å². The summed E-state index contributed by atoms with van der Waals surface area (Å²) in [6, 6.07) is 4.34. The molecule has 0 spiro atoms. The number of halogens is 3. The second-order valence-electron chi connectivity index (χ2n) is 5.39. The maximum absolute atomic E-state index is 12.7. The van der Waals surface area contributed by atoms with Gasteiger partial charge < -0.3 is 10.1 Å². The highest BCUT2D eigenvalue weighted by atomic mass is 19.4. The number of hydrogen-bond donors (Lipinski definition) is 1. The predicted molar refractivity (Wildman–Crippen MR) is 78.9 cm³/mol. The Morgan fingerprint density at radius 3 is 2.70 bits per heavy atom. The zero-order valence-corrected chi connectivity index (χ0v) is 12.9. The normalized spacial score (nSPS) is 14.8. The van der Waals surface area contributed by atoms with Crippen LogP contribution in [-0.4, -0.2) is 49.3 Å². The highest BCUT2D eigenvalue weighted by Crippen LogP contribution is 2.29. The Hall–Kier alpha value is -1.85. The number of ether oxygens (including phenoxy) is 1. The van der Waals surface area contributed by atoms with Crippen LogP contribution in [0.15, 0.2) is 12.1 Å². The molecule has 0 bridgehead atoms. The third kappa shape index (κ3) is 5.08. The van der Waals surface area contributed by atoms with Gasteiger partial charge in [0.05, 0.1) is 12.2 Å². The molecule has 23 heavy (non-hydrogen) atoms. The lowest BCUT2D eigenvalue weighted by atomic mass is 10.2. The van der Waals surface area contributed by atoms with Crippen LogP contribution in [0.3, 0.4) is 0 Å². The number of nitriles is 1. The van der Waals surface area contributed by atoms with E-state index in [1.807, 2.05) is 6.07 Å². The molecule has 5 nitrogen and oxygen atoms in total. The maximum atomic E-state index is 12.7. The van der Waals surface area contributed by atoms with Gasteiger partial charge in [0, 0.05) is 32.8 Å². The van der Waals surface area contributed by atoms with Crippen LogP contribution >= 0.6 is 0 Å². The first-order valence-corrected chi connectivity index (χ1v) is 7.41. The third-order valence-electron chi connectivity index (χ3n) is 3.64. The molecule has 0 aromatic carbocycles. The molecule has 1 N–H and O–H groups in total. The Labute approximate surface area is 133 Å². The van der Waals surface area contributed by atoms with E-state index < -0.39 is 11.9 Å². The minimum atomic E-state index is -4.52. The van der Waals surface area contributed by atoms with E-state index in [1.165, 1.54) is 0 Å². The van der Waals surface area contributed by atoms with Gasteiger partial charge in [0.2, 0.25) is 0 Å². The Kier molecular flexibility index (Phi) is 5.80. The van der Waals surface area contributed by atoms with Gasteiger partial charge in [-0.3, -0.25) is 4.90 Å². The SMILES string of the molecule is COCCN(CCNc1nc(C(F)(F)F)ccc1C#N)C1CC1. The van der Waals surface area contributed by atoms with Crippen LogP contribution in [-0.2, 0) is 10.9 Å². The third-order valence-corrected chi connectivity index (χ3v) is 3.64. The average Bonchev–Trinajstić information content (AvgIpc) is 3.34. The van der Waals surface area contributed by atoms with Crippen molar-refractivity contribution in [3.8, 4) is 6.07 Å². The first kappa shape index (κ1) is 17.5. The van der Waals surface area contributed by atoms with Crippen LogP contribution < -0.4 is 5.32 Å². The molecule has 1 aliphatic carbocycles. The molecule has 0 atom stereocenters. The average molecular weight is 328 g/mol. The number of rotatable bonds is 8. The Bertz CT molecular complexity index is 567. The van der Waals surface area contributed by atoms with Gasteiger partial charge in [-0.1, -0.05) is 0 Å². The van der Waals surface area contributed by atoms with E-state index in [1.54, 1.807) is 7.11 Å². The lowest BCUT2D eigenvalue weighted by molar-refractivity contribution is -0.141. The number of methoxy groups -OCH3 is 1. The molecule has 1 aromatic rings. The van der Waals surface area contributed by atoms with Gasteiger partial charge in [0.15, 0.2) is 0 Å². The fraction of sp³-hybridized carbons (Fsp3) is 0.600. The molecule has 1 saturated carbocycles. The fourth-order valence-corrected chi connectivity index (χ4v) is 2.29. The highest BCUT2D eigenvalue weighted by molar-refractivity contribution is 5.52. The molecule has 0 radical (unpaired) electrons.